The third-order valence-electron chi connectivity index (χ3n) is 4.06. The number of nitrogens with one attached hydrogen (secondary N) is 1. The fraction of sp³-hybridized carbons (Fsp3) is 0.615. The Hall–Kier alpha value is -0.670. The topological polar surface area (TPSA) is 24.9 Å². The number of thiazole rings is 1. The molecule has 2 bridgehead atoms. The van der Waals surface area contributed by atoms with Gasteiger partial charge in [-0.15, -0.1) is 11.3 Å². The van der Waals surface area contributed by atoms with Crippen LogP contribution in [0, 0.1) is 17.8 Å². The van der Waals surface area contributed by atoms with Crippen molar-refractivity contribution < 1.29 is 0 Å². The molecule has 2 aliphatic rings. The molecule has 2 nitrogen and oxygen atoms in total. The molecule has 4 unspecified atom stereocenters. The molecular formula is C13H18N2S. The highest BCUT2D eigenvalue weighted by molar-refractivity contribution is 7.07. The van der Waals surface area contributed by atoms with Crippen LogP contribution in [0.25, 0.3) is 0 Å². The highest BCUT2D eigenvalue weighted by Gasteiger charge is 2.38. The molecule has 0 saturated heterocycles. The second-order valence-electron chi connectivity index (χ2n) is 5.09. The van der Waals surface area contributed by atoms with Gasteiger partial charge in [0.05, 0.1) is 11.2 Å². The molecule has 0 aliphatic heterocycles. The Morgan fingerprint density at radius 3 is 3.06 bits per heavy atom. The van der Waals surface area contributed by atoms with Gasteiger partial charge >= 0.3 is 0 Å². The highest BCUT2D eigenvalue weighted by Crippen LogP contribution is 2.44. The fourth-order valence-electron chi connectivity index (χ4n) is 3.14. The number of allylic oxidation sites excluding steroid dienone is 2. The van der Waals surface area contributed by atoms with Crippen LogP contribution in [0.2, 0.25) is 0 Å². The second kappa shape index (κ2) is 4.30. The third kappa shape index (κ3) is 1.94. The monoisotopic (exact) mass is 234 g/mol. The molecule has 2 aliphatic carbocycles. The van der Waals surface area contributed by atoms with E-state index >= 15 is 0 Å². The summed E-state index contributed by atoms with van der Waals surface area (Å²) in [5.74, 6) is 2.55. The Bertz CT molecular complexity index is 371. The van der Waals surface area contributed by atoms with Gasteiger partial charge in [0.15, 0.2) is 0 Å². The molecule has 1 heterocycles. The summed E-state index contributed by atoms with van der Waals surface area (Å²) in [6.45, 7) is 3.24. The molecule has 16 heavy (non-hydrogen) atoms. The molecule has 3 heteroatoms. The predicted molar refractivity (Wildman–Crippen MR) is 67.3 cm³/mol. The van der Waals surface area contributed by atoms with Gasteiger partial charge in [0.2, 0.25) is 0 Å². The fourth-order valence-corrected chi connectivity index (χ4v) is 3.70. The largest absolute Gasteiger partial charge is 0.308 e. The average molecular weight is 234 g/mol. The van der Waals surface area contributed by atoms with Crippen LogP contribution in [-0.4, -0.2) is 11.0 Å². The van der Waals surface area contributed by atoms with E-state index in [2.05, 4.69) is 34.8 Å². The summed E-state index contributed by atoms with van der Waals surface area (Å²) < 4.78 is 0. The molecule has 4 atom stereocenters. The number of hydrogen-bond donors (Lipinski definition) is 1. The molecule has 1 N–H and O–H groups in total. The second-order valence-corrected chi connectivity index (χ2v) is 5.81. The van der Waals surface area contributed by atoms with Crippen molar-refractivity contribution >= 4 is 11.3 Å². The highest BCUT2D eigenvalue weighted by atomic mass is 32.1. The SMILES string of the molecule is CC(NCc1cscn1)C1CC2C=CC1C2. The minimum Gasteiger partial charge on any atom is -0.308 e. The first kappa shape index (κ1) is 10.5. The molecule has 1 aromatic rings. The van der Waals surface area contributed by atoms with Gasteiger partial charge in [-0.2, -0.15) is 0 Å². The molecule has 1 fully saturated rings. The first-order valence-electron chi connectivity index (χ1n) is 6.11. The zero-order valence-electron chi connectivity index (χ0n) is 9.60. The van der Waals surface area contributed by atoms with Gasteiger partial charge in [-0.1, -0.05) is 12.2 Å². The zero-order valence-corrected chi connectivity index (χ0v) is 10.4. The van der Waals surface area contributed by atoms with Crippen LogP contribution in [0.5, 0.6) is 0 Å². The third-order valence-corrected chi connectivity index (χ3v) is 4.70. The number of fused-ring (bicyclic) bond motifs is 2. The lowest BCUT2D eigenvalue weighted by atomic mass is 9.87. The minimum absolute atomic E-state index is 0.613. The number of rotatable bonds is 4. The summed E-state index contributed by atoms with van der Waals surface area (Å²) in [5, 5.41) is 5.75. The quantitative estimate of drug-likeness (QED) is 0.810. The van der Waals surface area contributed by atoms with Crippen molar-refractivity contribution in [1.29, 1.82) is 0 Å². The van der Waals surface area contributed by atoms with E-state index in [9.17, 15) is 0 Å². The molecular weight excluding hydrogens is 216 g/mol. The minimum atomic E-state index is 0.613. The van der Waals surface area contributed by atoms with E-state index in [0.29, 0.717) is 6.04 Å². The van der Waals surface area contributed by atoms with Gasteiger partial charge in [0.25, 0.3) is 0 Å². The van der Waals surface area contributed by atoms with Crippen molar-refractivity contribution in [3.05, 3.63) is 28.7 Å². The Morgan fingerprint density at radius 2 is 2.44 bits per heavy atom. The number of hydrogen-bond acceptors (Lipinski definition) is 3. The summed E-state index contributed by atoms with van der Waals surface area (Å²) in [6, 6.07) is 0.613. The molecule has 3 rings (SSSR count). The maximum absolute atomic E-state index is 4.30. The van der Waals surface area contributed by atoms with Crippen LogP contribution in [0.1, 0.15) is 25.5 Å². The Labute approximate surface area is 101 Å². The van der Waals surface area contributed by atoms with Gasteiger partial charge < -0.3 is 5.32 Å². The molecule has 1 saturated carbocycles. The Kier molecular flexibility index (Phi) is 2.82. The molecule has 0 aromatic carbocycles. The summed E-state index contributed by atoms with van der Waals surface area (Å²) in [7, 11) is 0. The lowest BCUT2D eigenvalue weighted by Gasteiger charge is -2.26. The number of nitrogens with zero attached hydrogens (tertiary/aromatic N) is 1. The van der Waals surface area contributed by atoms with Gasteiger partial charge in [-0.3, -0.25) is 0 Å². The van der Waals surface area contributed by atoms with Crippen LogP contribution in [0.4, 0.5) is 0 Å². The molecule has 0 spiro atoms. The summed E-state index contributed by atoms with van der Waals surface area (Å²) in [5.41, 5.74) is 3.08. The number of aromatic nitrogens is 1. The molecule has 1 aromatic heterocycles. The predicted octanol–water partition coefficient (Wildman–Crippen LogP) is 2.83. The van der Waals surface area contributed by atoms with Gasteiger partial charge in [0.1, 0.15) is 0 Å². The van der Waals surface area contributed by atoms with Crippen molar-refractivity contribution in [3.8, 4) is 0 Å². The summed E-state index contributed by atoms with van der Waals surface area (Å²) in [4.78, 5) is 4.30. The van der Waals surface area contributed by atoms with E-state index in [1.165, 1.54) is 18.5 Å². The van der Waals surface area contributed by atoms with E-state index in [1.54, 1.807) is 11.3 Å². The van der Waals surface area contributed by atoms with Gasteiger partial charge in [-0.25, -0.2) is 4.98 Å². The smallest absolute Gasteiger partial charge is 0.0795 e. The van der Waals surface area contributed by atoms with Crippen molar-refractivity contribution in [1.82, 2.24) is 10.3 Å². The van der Waals surface area contributed by atoms with Crippen molar-refractivity contribution in [3.63, 3.8) is 0 Å². The normalized spacial score (nSPS) is 33.4. The Morgan fingerprint density at radius 1 is 1.50 bits per heavy atom. The van der Waals surface area contributed by atoms with Crippen LogP contribution < -0.4 is 5.32 Å². The van der Waals surface area contributed by atoms with Crippen LogP contribution in [0.3, 0.4) is 0 Å². The summed E-state index contributed by atoms with van der Waals surface area (Å²) >= 11 is 1.67. The van der Waals surface area contributed by atoms with Gasteiger partial charge in [0, 0.05) is 18.0 Å². The zero-order chi connectivity index (χ0) is 11.0. The van der Waals surface area contributed by atoms with Crippen LogP contribution >= 0.6 is 11.3 Å². The first-order chi connectivity index (χ1) is 7.83. The van der Waals surface area contributed by atoms with Crippen molar-refractivity contribution in [2.75, 3.05) is 0 Å². The van der Waals surface area contributed by atoms with E-state index in [0.717, 1.165) is 24.3 Å². The van der Waals surface area contributed by atoms with E-state index in [1.807, 2.05) is 5.51 Å². The van der Waals surface area contributed by atoms with E-state index in [-0.39, 0.29) is 0 Å². The van der Waals surface area contributed by atoms with Crippen molar-refractivity contribution in [2.24, 2.45) is 17.8 Å². The van der Waals surface area contributed by atoms with Crippen molar-refractivity contribution in [2.45, 2.75) is 32.4 Å². The van der Waals surface area contributed by atoms with Gasteiger partial charge in [-0.05, 0) is 37.5 Å². The standard InChI is InChI=1S/C13H18N2S/c1-9(14-6-12-7-16-8-15-12)13-5-10-2-3-11(13)4-10/h2-3,7-11,13-14H,4-6H2,1H3. The molecule has 86 valence electrons. The lowest BCUT2D eigenvalue weighted by molar-refractivity contribution is 0.325. The van der Waals surface area contributed by atoms with E-state index < -0.39 is 0 Å². The summed E-state index contributed by atoms with van der Waals surface area (Å²) in [6.07, 6.45) is 7.62. The first-order valence-corrected chi connectivity index (χ1v) is 7.06. The lowest BCUT2D eigenvalue weighted by Crippen LogP contribution is -2.35. The Balaban J connectivity index is 1.54. The maximum atomic E-state index is 4.30. The average Bonchev–Trinajstić information content (AvgIpc) is 3.01. The van der Waals surface area contributed by atoms with Crippen LogP contribution in [-0.2, 0) is 6.54 Å². The van der Waals surface area contributed by atoms with E-state index in [4.69, 9.17) is 0 Å². The molecule has 0 radical (unpaired) electrons. The maximum Gasteiger partial charge on any atom is 0.0795 e. The molecule has 0 amide bonds. The van der Waals surface area contributed by atoms with Crippen LogP contribution in [0.15, 0.2) is 23.0 Å².